The van der Waals surface area contributed by atoms with E-state index < -0.39 is 11.7 Å². The molecule has 0 bridgehead atoms. The van der Waals surface area contributed by atoms with Crippen LogP contribution in [0, 0.1) is 0 Å². The highest BCUT2D eigenvalue weighted by Crippen LogP contribution is 1.90. The van der Waals surface area contributed by atoms with Crippen LogP contribution >= 0.6 is 0 Å². The molecule has 0 aliphatic carbocycles. The number of esters is 1. The molecule has 0 aliphatic rings. The normalized spacial score (nSPS) is 10.5. The minimum atomic E-state index is -0.527. The first kappa shape index (κ1) is 9.38. The van der Waals surface area contributed by atoms with Crippen LogP contribution in [-0.2, 0) is 16.1 Å². The number of nitrogens with zero attached hydrogens (tertiary/aromatic N) is 4. The van der Waals surface area contributed by atoms with Crippen molar-refractivity contribution in [1.82, 2.24) is 19.2 Å². The molecule has 0 atom stereocenters. The standard InChI is InChI=1S/C8H8N4O3/c1-15-6(13)5-12-8(14)11-4-2-3-9-7(11)10-12/h2-4H,5H2,1H3. The highest BCUT2D eigenvalue weighted by molar-refractivity contribution is 5.68. The van der Waals surface area contributed by atoms with Crippen molar-refractivity contribution < 1.29 is 9.53 Å². The third-order valence-corrected chi connectivity index (χ3v) is 1.87. The molecule has 0 aromatic carbocycles. The van der Waals surface area contributed by atoms with E-state index in [1.807, 2.05) is 0 Å². The van der Waals surface area contributed by atoms with Gasteiger partial charge in [-0.2, -0.15) is 4.68 Å². The Hall–Kier alpha value is -2.18. The highest BCUT2D eigenvalue weighted by Gasteiger charge is 2.10. The second kappa shape index (κ2) is 3.52. The van der Waals surface area contributed by atoms with Crippen molar-refractivity contribution in [1.29, 1.82) is 0 Å². The minimum absolute atomic E-state index is 0.210. The lowest BCUT2D eigenvalue weighted by molar-refractivity contribution is -0.141. The lowest BCUT2D eigenvalue weighted by atomic mass is 10.6. The van der Waals surface area contributed by atoms with Crippen LogP contribution in [0.25, 0.3) is 5.78 Å². The second-order valence-corrected chi connectivity index (χ2v) is 2.81. The number of carbonyl (C=O) groups is 1. The molecule has 0 fully saturated rings. The summed E-state index contributed by atoms with van der Waals surface area (Å²) in [5.74, 6) is -0.271. The van der Waals surface area contributed by atoms with Crippen LogP contribution in [0.2, 0.25) is 0 Å². The van der Waals surface area contributed by atoms with E-state index >= 15 is 0 Å². The fraction of sp³-hybridized carbons (Fsp3) is 0.250. The predicted octanol–water partition coefficient (Wildman–Crippen LogP) is -0.936. The number of aromatic nitrogens is 4. The molecular weight excluding hydrogens is 200 g/mol. The van der Waals surface area contributed by atoms with Crippen LogP contribution in [0.3, 0.4) is 0 Å². The van der Waals surface area contributed by atoms with Gasteiger partial charge in [0.15, 0.2) is 0 Å². The molecule has 2 aromatic heterocycles. The number of rotatable bonds is 2. The van der Waals surface area contributed by atoms with E-state index in [4.69, 9.17) is 0 Å². The van der Waals surface area contributed by atoms with Crippen molar-refractivity contribution in [3.8, 4) is 0 Å². The Labute approximate surface area is 83.9 Å². The average Bonchev–Trinajstić information content (AvgIpc) is 2.57. The number of hydrogen-bond donors (Lipinski definition) is 0. The summed E-state index contributed by atoms with van der Waals surface area (Å²) in [6, 6.07) is 1.61. The summed E-state index contributed by atoms with van der Waals surface area (Å²) in [5.41, 5.74) is -0.413. The molecular formula is C8H8N4O3. The Morgan fingerprint density at radius 2 is 2.40 bits per heavy atom. The quantitative estimate of drug-likeness (QED) is 0.595. The third kappa shape index (κ3) is 1.58. The predicted molar refractivity (Wildman–Crippen MR) is 49.3 cm³/mol. The number of methoxy groups -OCH3 is 1. The molecule has 0 unspecified atom stereocenters. The van der Waals surface area contributed by atoms with E-state index in [-0.39, 0.29) is 12.3 Å². The number of hydrogen-bond acceptors (Lipinski definition) is 5. The number of fused-ring (bicyclic) bond motifs is 1. The Kier molecular flexibility index (Phi) is 2.20. The van der Waals surface area contributed by atoms with Gasteiger partial charge in [-0.1, -0.05) is 0 Å². The summed E-state index contributed by atoms with van der Waals surface area (Å²) in [6.45, 7) is -0.210. The zero-order valence-electron chi connectivity index (χ0n) is 7.95. The fourth-order valence-electron chi connectivity index (χ4n) is 1.15. The van der Waals surface area contributed by atoms with E-state index in [0.29, 0.717) is 0 Å². The average molecular weight is 208 g/mol. The molecule has 7 heteroatoms. The molecule has 78 valence electrons. The summed E-state index contributed by atoms with van der Waals surface area (Å²) in [7, 11) is 1.25. The van der Waals surface area contributed by atoms with E-state index in [1.165, 1.54) is 23.9 Å². The lowest BCUT2D eigenvalue weighted by Crippen LogP contribution is -2.25. The Bertz CT molecular complexity index is 556. The minimum Gasteiger partial charge on any atom is -0.468 e. The SMILES string of the molecule is COC(=O)Cn1nc2ncccn2c1=O. The van der Waals surface area contributed by atoms with E-state index in [1.54, 1.807) is 6.07 Å². The number of carbonyl (C=O) groups excluding carboxylic acids is 1. The third-order valence-electron chi connectivity index (χ3n) is 1.87. The molecule has 0 saturated heterocycles. The van der Waals surface area contributed by atoms with E-state index in [9.17, 15) is 9.59 Å². The van der Waals surface area contributed by atoms with Gasteiger partial charge in [0, 0.05) is 12.4 Å². The molecule has 2 aromatic rings. The van der Waals surface area contributed by atoms with Gasteiger partial charge in [-0.15, -0.1) is 5.10 Å². The maximum Gasteiger partial charge on any atom is 0.352 e. The Morgan fingerprint density at radius 3 is 3.07 bits per heavy atom. The smallest absolute Gasteiger partial charge is 0.352 e. The van der Waals surface area contributed by atoms with Gasteiger partial charge in [0.2, 0.25) is 0 Å². The fourth-order valence-corrected chi connectivity index (χ4v) is 1.15. The molecule has 2 rings (SSSR count). The molecule has 0 radical (unpaired) electrons. The highest BCUT2D eigenvalue weighted by atomic mass is 16.5. The summed E-state index contributed by atoms with van der Waals surface area (Å²) < 4.78 is 6.70. The Morgan fingerprint density at radius 1 is 1.60 bits per heavy atom. The maximum atomic E-state index is 11.6. The van der Waals surface area contributed by atoms with Crippen molar-refractivity contribution in [3.63, 3.8) is 0 Å². The van der Waals surface area contributed by atoms with Crippen LogP contribution in [0.1, 0.15) is 0 Å². The monoisotopic (exact) mass is 208 g/mol. The molecule has 0 spiro atoms. The van der Waals surface area contributed by atoms with Gasteiger partial charge in [-0.3, -0.25) is 4.79 Å². The molecule has 7 nitrogen and oxygen atoms in total. The summed E-state index contributed by atoms with van der Waals surface area (Å²) >= 11 is 0. The van der Waals surface area contributed by atoms with Crippen LogP contribution in [-0.4, -0.2) is 32.2 Å². The van der Waals surface area contributed by atoms with Crippen LogP contribution in [0.5, 0.6) is 0 Å². The van der Waals surface area contributed by atoms with E-state index in [2.05, 4.69) is 14.8 Å². The van der Waals surface area contributed by atoms with Gasteiger partial charge >= 0.3 is 11.7 Å². The van der Waals surface area contributed by atoms with Gasteiger partial charge in [-0.05, 0) is 6.07 Å². The first-order chi connectivity index (χ1) is 7.22. The molecule has 0 amide bonds. The Balaban J connectivity index is 2.49. The first-order valence-electron chi connectivity index (χ1n) is 4.19. The van der Waals surface area contributed by atoms with Gasteiger partial charge in [0.1, 0.15) is 6.54 Å². The molecule has 0 saturated carbocycles. The zero-order valence-corrected chi connectivity index (χ0v) is 7.95. The van der Waals surface area contributed by atoms with Crippen LogP contribution in [0.4, 0.5) is 0 Å². The zero-order chi connectivity index (χ0) is 10.8. The molecule has 0 aliphatic heterocycles. The second-order valence-electron chi connectivity index (χ2n) is 2.81. The molecule has 15 heavy (non-hydrogen) atoms. The first-order valence-corrected chi connectivity index (χ1v) is 4.19. The van der Waals surface area contributed by atoms with Crippen molar-refractivity contribution in [2.24, 2.45) is 0 Å². The lowest BCUT2D eigenvalue weighted by Gasteiger charge is -1.95. The van der Waals surface area contributed by atoms with Crippen molar-refractivity contribution in [2.75, 3.05) is 7.11 Å². The largest absolute Gasteiger partial charge is 0.468 e. The summed E-state index contributed by atoms with van der Waals surface area (Å²) in [6.07, 6.45) is 3.05. The summed E-state index contributed by atoms with van der Waals surface area (Å²) in [4.78, 5) is 26.4. The van der Waals surface area contributed by atoms with Crippen LogP contribution in [0.15, 0.2) is 23.3 Å². The van der Waals surface area contributed by atoms with Crippen molar-refractivity contribution in [3.05, 3.63) is 28.9 Å². The maximum absolute atomic E-state index is 11.6. The topological polar surface area (TPSA) is 78.5 Å². The number of ether oxygens (including phenoxy) is 1. The molecule has 2 heterocycles. The van der Waals surface area contributed by atoms with Crippen LogP contribution < -0.4 is 5.69 Å². The van der Waals surface area contributed by atoms with Crippen molar-refractivity contribution >= 4 is 11.7 Å². The van der Waals surface area contributed by atoms with Gasteiger partial charge in [0.05, 0.1) is 7.11 Å². The summed E-state index contributed by atoms with van der Waals surface area (Å²) in [5, 5.41) is 3.86. The van der Waals surface area contributed by atoms with Gasteiger partial charge in [0.25, 0.3) is 5.78 Å². The van der Waals surface area contributed by atoms with E-state index in [0.717, 1.165) is 4.68 Å². The van der Waals surface area contributed by atoms with Crippen molar-refractivity contribution in [2.45, 2.75) is 6.54 Å². The van der Waals surface area contributed by atoms with Gasteiger partial charge in [-0.25, -0.2) is 14.2 Å². The molecule has 0 N–H and O–H groups in total. The van der Waals surface area contributed by atoms with Gasteiger partial charge < -0.3 is 4.74 Å².